The molecule has 0 N–H and O–H groups in total. The van der Waals surface area contributed by atoms with Crippen LogP contribution in [0, 0.1) is 38.8 Å². The van der Waals surface area contributed by atoms with Crippen LogP contribution in [0.2, 0.25) is 0 Å². The van der Waals surface area contributed by atoms with Gasteiger partial charge in [0.15, 0.2) is 0 Å². The van der Waals surface area contributed by atoms with Gasteiger partial charge >= 0.3 is 0 Å². The molecule has 0 aliphatic rings. The number of nitrogens with zero attached hydrogens (tertiary/aromatic N) is 2. The molecular formula is C15H12F2N2O4. The van der Waals surface area contributed by atoms with Crippen molar-refractivity contribution >= 4 is 17.5 Å². The molecule has 23 heavy (non-hydrogen) atoms. The van der Waals surface area contributed by atoms with Crippen LogP contribution in [0.4, 0.5) is 20.2 Å². The van der Waals surface area contributed by atoms with Crippen LogP contribution in [0.5, 0.6) is 0 Å². The normalized spacial score (nSPS) is 9.52. The highest BCUT2D eigenvalue weighted by Crippen LogP contribution is 2.17. The Morgan fingerprint density at radius 3 is 1.83 bits per heavy atom. The van der Waals surface area contributed by atoms with E-state index in [0.717, 1.165) is 12.1 Å². The Morgan fingerprint density at radius 2 is 1.43 bits per heavy atom. The van der Waals surface area contributed by atoms with E-state index in [1.807, 2.05) is 0 Å². The highest BCUT2D eigenvalue weighted by Gasteiger charge is 2.08. The lowest BCUT2D eigenvalue weighted by atomic mass is 10.2. The van der Waals surface area contributed by atoms with Crippen molar-refractivity contribution in [2.75, 3.05) is 0 Å². The number of hydrogen-bond acceptors (Lipinski definition) is 4. The lowest BCUT2D eigenvalue weighted by Gasteiger charge is -1.95. The molecule has 6 nitrogen and oxygen atoms in total. The molecular weight excluding hydrogens is 310 g/mol. The number of hydrogen-bond donors (Lipinski definition) is 0. The van der Waals surface area contributed by atoms with Gasteiger partial charge < -0.3 is 0 Å². The monoisotopic (exact) mass is 322 g/mol. The van der Waals surface area contributed by atoms with Crippen molar-refractivity contribution in [3.8, 4) is 0 Å². The number of nitro groups is 2. The lowest BCUT2D eigenvalue weighted by Crippen LogP contribution is -1.90. The fraction of sp³-hybridized carbons (Fsp3) is 0.0667. The Hall–Kier alpha value is -3.16. The van der Waals surface area contributed by atoms with E-state index in [-0.39, 0.29) is 16.9 Å². The van der Waals surface area contributed by atoms with E-state index in [4.69, 9.17) is 0 Å². The van der Waals surface area contributed by atoms with Gasteiger partial charge in [-0.05, 0) is 24.6 Å². The Kier molecular flexibility index (Phi) is 6.02. The van der Waals surface area contributed by atoms with Crippen LogP contribution in [-0.2, 0) is 0 Å². The van der Waals surface area contributed by atoms with Crippen LogP contribution in [0.15, 0.2) is 43.0 Å². The largest absolute Gasteiger partial charge is 0.272 e. The van der Waals surface area contributed by atoms with Crippen molar-refractivity contribution in [2.45, 2.75) is 6.92 Å². The van der Waals surface area contributed by atoms with E-state index >= 15 is 0 Å². The third-order valence-electron chi connectivity index (χ3n) is 2.78. The van der Waals surface area contributed by atoms with E-state index in [1.165, 1.54) is 30.3 Å². The molecule has 2 aromatic rings. The maximum absolute atomic E-state index is 12.8. The summed E-state index contributed by atoms with van der Waals surface area (Å²) in [5, 5.41) is 20.3. The van der Waals surface area contributed by atoms with Gasteiger partial charge in [-0.1, -0.05) is 12.7 Å². The van der Waals surface area contributed by atoms with Crippen LogP contribution in [0.3, 0.4) is 0 Å². The number of nitro benzene ring substituents is 2. The van der Waals surface area contributed by atoms with Crippen LogP contribution in [-0.4, -0.2) is 9.85 Å². The second-order valence-corrected chi connectivity index (χ2v) is 4.36. The van der Waals surface area contributed by atoms with E-state index in [1.54, 1.807) is 6.92 Å². The van der Waals surface area contributed by atoms with E-state index in [9.17, 15) is 29.0 Å². The molecule has 0 saturated heterocycles. The van der Waals surface area contributed by atoms with Gasteiger partial charge in [0.1, 0.15) is 11.6 Å². The quantitative estimate of drug-likeness (QED) is 0.618. The fourth-order valence-electron chi connectivity index (χ4n) is 1.49. The van der Waals surface area contributed by atoms with Crippen molar-refractivity contribution in [3.63, 3.8) is 0 Å². The minimum atomic E-state index is -0.643. The molecule has 0 aromatic heterocycles. The molecule has 0 atom stereocenters. The molecule has 0 bridgehead atoms. The summed E-state index contributed by atoms with van der Waals surface area (Å²) in [6.45, 7) is 4.91. The van der Waals surface area contributed by atoms with Crippen LogP contribution in [0.1, 0.15) is 11.1 Å². The van der Waals surface area contributed by atoms with Gasteiger partial charge in [-0.2, -0.15) is 0 Å². The SMILES string of the molecule is C=Cc1ccc([N+](=O)[O-])cc1F.Cc1ccc([N+](=O)[O-])cc1F. The summed E-state index contributed by atoms with van der Waals surface area (Å²) in [7, 11) is 0. The zero-order valence-corrected chi connectivity index (χ0v) is 12.0. The predicted octanol–water partition coefficient (Wildman–Crippen LogP) is 4.42. The Morgan fingerprint density at radius 1 is 0.957 bits per heavy atom. The van der Waals surface area contributed by atoms with E-state index in [2.05, 4.69) is 6.58 Å². The second-order valence-electron chi connectivity index (χ2n) is 4.36. The molecule has 2 aromatic carbocycles. The minimum Gasteiger partial charge on any atom is -0.258 e. The summed E-state index contributed by atoms with van der Waals surface area (Å²) in [5.41, 5.74) is 0.211. The van der Waals surface area contributed by atoms with Gasteiger partial charge in [0.2, 0.25) is 0 Å². The van der Waals surface area contributed by atoms with E-state index < -0.39 is 21.5 Å². The van der Waals surface area contributed by atoms with E-state index in [0.29, 0.717) is 5.56 Å². The van der Waals surface area contributed by atoms with Crippen molar-refractivity contribution in [1.82, 2.24) is 0 Å². The van der Waals surface area contributed by atoms with Gasteiger partial charge in [0.05, 0.1) is 22.0 Å². The molecule has 0 amide bonds. The molecule has 0 aliphatic carbocycles. The number of halogens is 2. The average Bonchev–Trinajstić information content (AvgIpc) is 2.50. The molecule has 120 valence electrons. The number of rotatable bonds is 3. The highest BCUT2D eigenvalue weighted by molar-refractivity contribution is 5.50. The summed E-state index contributed by atoms with van der Waals surface area (Å²) in [6, 6.07) is 7.00. The standard InChI is InChI=1S/C8H6FNO2.C7H6FNO2/c1-2-6-3-4-7(10(11)12)5-8(6)9;1-5-2-3-6(9(10)11)4-7(5)8/h2-5H,1H2;2-4H,1H3. The van der Waals surface area contributed by atoms with Crippen LogP contribution < -0.4 is 0 Å². The summed E-state index contributed by atoms with van der Waals surface area (Å²) < 4.78 is 25.5. The van der Waals surface area contributed by atoms with Gasteiger partial charge in [0, 0.05) is 17.7 Å². The molecule has 2 rings (SSSR count). The molecule has 0 spiro atoms. The molecule has 0 fully saturated rings. The summed E-state index contributed by atoms with van der Waals surface area (Å²) in [4.78, 5) is 19.0. The predicted molar refractivity (Wildman–Crippen MR) is 80.9 cm³/mol. The first-order valence-corrected chi connectivity index (χ1v) is 6.23. The summed E-state index contributed by atoms with van der Waals surface area (Å²) >= 11 is 0. The highest BCUT2D eigenvalue weighted by atomic mass is 19.1. The summed E-state index contributed by atoms with van der Waals surface area (Å²) in [6.07, 6.45) is 1.30. The number of benzene rings is 2. The second kappa shape index (κ2) is 7.74. The molecule has 0 unspecified atom stereocenters. The third kappa shape index (κ3) is 4.95. The van der Waals surface area contributed by atoms with Gasteiger partial charge in [0.25, 0.3) is 11.4 Å². The molecule has 0 aliphatic heterocycles. The molecule has 0 heterocycles. The zero-order valence-electron chi connectivity index (χ0n) is 12.0. The van der Waals surface area contributed by atoms with Crippen molar-refractivity contribution in [3.05, 3.63) is 86.0 Å². The maximum atomic E-state index is 12.8. The van der Waals surface area contributed by atoms with Crippen LogP contribution >= 0.6 is 0 Å². The van der Waals surface area contributed by atoms with Gasteiger partial charge in [-0.25, -0.2) is 8.78 Å². The number of non-ortho nitro benzene ring substituents is 2. The minimum absolute atomic E-state index is 0.215. The maximum Gasteiger partial charge on any atom is 0.272 e. The topological polar surface area (TPSA) is 86.3 Å². The molecule has 8 heteroatoms. The first kappa shape index (κ1) is 17.9. The van der Waals surface area contributed by atoms with Crippen molar-refractivity contribution in [2.24, 2.45) is 0 Å². The molecule has 0 saturated carbocycles. The zero-order chi connectivity index (χ0) is 17.6. The Balaban J connectivity index is 0.000000231. The van der Waals surface area contributed by atoms with Crippen molar-refractivity contribution < 1.29 is 18.6 Å². The average molecular weight is 322 g/mol. The molecule has 0 radical (unpaired) electrons. The lowest BCUT2D eigenvalue weighted by molar-refractivity contribution is -0.385. The Labute approximate surface area is 130 Å². The number of aryl methyl sites for hydroxylation is 1. The van der Waals surface area contributed by atoms with Gasteiger partial charge in [-0.15, -0.1) is 0 Å². The van der Waals surface area contributed by atoms with Crippen LogP contribution in [0.25, 0.3) is 6.08 Å². The first-order valence-electron chi connectivity index (χ1n) is 6.23. The first-order chi connectivity index (χ1) is 10.8. The smallest absolute Gasteiger partial charge is 0.258 e. The van der Waals surface area contributed by atoms with Gasteiger partial charge in [-0.3, -0.25) is 20.2 Å². The Bertz CT molecular complexity index is 763. The third-order valence-corrected chi connectivity index (χ3v) is 2.78. The fourth-order valence-corrected chi connectivity index (χ4v) is 1.49. The summed E-state index contributed by atoms with van der Waals surface area (Å²) in [5.74, 6) is -1.17. The van der Waals surface area contributed by atoms with Crippen molar-refractivity contribution in [1.29, 1.82) is 0 Å².